The number of hydrogen-bond donors (Lipinski definition) is 2. The molecule has 0 saturated heterocycles. The molecule has 32 heavy (non-hydrogen) atoms. The first kappa shape index (κ1) is 25.2. The van der Waals surface area contributed by atoms with Crippen molar-refractivity contribution in [1.82, 2.24) is 19.8 Å². The Hall–Kier alpha value is -3.03. The van der Waals surface area contributed by atoms with Gasteiger partial charge in [-0.3, -0.25) is 14.9 Å². The van der Waals surface area contributed by atoms with Crippen LogP contribution in [0.1, 0.15) is 29.9 Å². The van der Waals surface area contributed by atoms with E-state index in [0.29, 0.717) is 12.1 Å². The van der Waals surface area contributed by atoms with Crippen LogP contribution in [0.4, 0.5) is 5.69 Å². The number of carbonyl (C=O) groups excluding carboxylic acids is 1. The number of rotatable bonds is 11. The fourth-order valence-electron chi connectivity index (χ4n) is 2.72. The van der Waals surface area contributed by atoms with E-state index in [2.05, 4.69) is 15.1 Å². The minimum atomic E-state index is -4.16. The van der Waals surface area contributed by atoms with E-state index in [1.165, 1.54) is 24.9 Å². The van der Waals surface area contributed by atoms with Gasteiger partial charge < -0.3 is 14.8 Å². The average Bonchev–Trinajstić information content (AvgIpc) is 3.00. The van der Waals surface area contributed by atoms with Gasteiger partial charge in [-0.15, -0.1) is 0 Å². The Kier molecular flexibility index (Phi) is 8.30. The number of nitrogens with zero attached hydrogens (tertiary/aromatic N) is 3. The summed E-state index contributed by atoms with van der Waals surface area (Å²) in [4.78, 5) is 22.5. The molecule has 12 nitrogen and oxygen atoms in total. The molecule has 0 atom stereocenters. The van der Waals surface area contributed by atoms with Crippen molar-refractivity contribution in [2.45, 2.75) is 25.7 Å². The third-order valence-corrected chi connectivity index (χ3v) is 5.82. The van der Waals surface area contributed by atoms with E-state index in [0.717, 1.165) is 12.1 Å². The van der Waals surface area contributed by atoms with Crippen LogP contribution in [0.15, 0.2) is 23.1 Å². The predicted octanol–water partition coefficient (Wildman–Crippen LogP) is 1.74. The molecule has 176 valence electrons. The summed E-state index contributed by atoms with van der Waals surface area (Å²) in [7, 11) is -1.21. The molecule has 0 radical (unpaired) electrons. The maximum Gasteiger partial charge on any atom is 0.272 e. The number of methoxy groups -OCH3 is 1. The Morgan fingerprint density at radius 1 is 1.34 bits per heavy atom. The van der Waals surface area contributed by atoms with E-state index >= 15 is 0 Å². The van der Waals surface area contributed by atoms with Crippen LogP contribution in [0.5, 0.6) is 11.6 Å². The number of nitro benzene ring substituents is 1. The van der Waals surface area contributed by atoms with E-state index in [1.54, 1.807) is 6.92 Å². The molecule has 0 unspecified atom stereocenters. The van der Waals surface area contributed by atoms with Gasteiger partial charge in [-0.25, -0.2) is 17.8 Å². The van der Waals surface area contributed by atoms with Crippen molar-refractivity contribution in [1.29, 1.82) is 0 Å². The average molecular weight is 470 g/mol. The third-order valence-electron chi connectivity index (χ3n) is 4.34. The van der Waals surface area contributed by atoms with Crippen molar-refractivity contribution < 1.29 is 27.6 Å². The van der Waals surface area contributed by atoms with E-state index in [-0.39, 0.29) is 42.3 Å². The standard InChI is InChI=1S/C19H27N5O7S/c1-12(2)11-20-18(25)17-13(3)19(23(4)22-17)31-15-7-6-14(24(26)27)10-16(15)32(28,29)21-8-9-30-5/h6-7,10,12,21H,8-9,11H2,1-5H3,(H,20,25). The summed E-state index contributed by atoms with van der Waals surface area (Å²) < 4.78 is 39.8. The maximum absolute atomic E-state index is 12.8. The predicted molar refractivity (Wildman–Crippen MR) is 115 cm³/mol. The number of aromatic nitrogens is 2. The first-order valence-electron chi connectivity index (χ1n) is 9.74. The normalized spacial score (nSPS) is 11.6. The summed E-state index contributed by atoms with van der Waals surface area (Å²) >= 11 is 0. The molecule has 2 aromatic rings. The lowest BCUT2D eigenvalue weighted by Crippen LogP contribution is -2.28. The monoisotopic (exact) mass is 469 g/mol. The Bertz CT molecular complexity index is 1100. The van der Waals surface area contributed by atoms with Gasteiger partial charge in [0.1, 0.15) is 10.6 Å². The van der Waals surface area contributed by atoms with Gasteiger partial charge in [0.05, 0.1) is 11.5 Å². The molecule has 0 aliphatic heterocycles. The summed E-state index contributed by atoms with van der Waals surface area (Å²) in [5.41, 5.74) is 0.107. The number of benzene rings is 1. The number of non-ortho nitro benzene ring substituents is 1. The third kappa shape index (κ3) is 6.02. The molecule has 0 bridgehead atoms. The maximum atomic E-state index is 12.8. The molecule has 0 saturated carbocycles. The number of ether oxygens (including phenoxy) is 2. The van der Waals surface area contributed by atoms with Gasteiger partial charge in [0.2, 0.25) is 15.9 Å². The van der Waals surface area contributed by atoms with Crippen LogP contribution in [0.3, 0.4) is 0 Å². The minimum absolute atomic E-state index is 0.0358. The van der Waals surface area contributed by atoms with Gasteiger partial charge in [-0.1, -0.05) is 13.8 Å². The molecule has 1 aromatic carbocycles. The fraction of sp³-hybridized carbons (Fsp3) is 0.474. The van der Waals surface area contributed by atoms with E-state index in [9.17, 15) is 23.3 Å². The molecular formula is C19H27N5O7S. The first-order chi connectivity index (χ1) is 15.0. The Morgan fingerprint density at radius 3 is 2.62 bits per heavy atom. The van der Waals surface area contributed by atoms with Crippen molar-refractivity contribution in [3.8, 4) is 11.6 Å². The molecule has 0 aliphatic rings. The van der Waals surface area contributed by atoms with Crippen LogP contribution in [0, 0.1) is 23.0 Å². The molecule has 0 aliphatic carbocycles. The lowest BCUT2D eigenvalue weighted by atomic mass is 10.2. The number of sulfonamides is 1. The molecule has 0 fully saturated rings. The Morgan fingerprint density at radius 2 is 2.03 bits per heavy atom. The van der Waals surface area contributed by atoms with Gasteiger partial charge in [-0.05, 0) is 18.9 Å². The van der Waals surface area contributed by atoms with Crippen LogP contribution in [-0.4, -0.2) is 55.8 Å². The number of nitro groups is 1. The zero-order chi connectivity index (χ0) is 24.1. The molecule has 1 aromatic heterocycles. The second kappa shape index (κ2) is 10.5. The second-order valence-corrected chi connectivity index (χ2v) is 9.12. The zero-order valence-corrected chi connectivity index (χ0v) is 19.4. The largest absolute Gasteiger partial charge is 0.438 e. The fourth-order valence-corrected chi connectivity index (χ4v) is 3.88. The molecule has 0 spiro atoms. The topological polar surface area (TPSA) is 155 Å². The Balaban J connectivity index is 2.44. The van der Waals surface area contributed by atoms with Crippen molar-refractivity contribution in [3.05, 3.63) is 39.6 Å². The highest BCUT2D eigenvalue weighted by atomic mass is 32.2. The molecule has 1 amide bonds. The highest BCUT2D eigenvalue weighted by molar-refractivity contribution is 7.89. The highest BCUT2D eigenvalue weighted by Crippen LogP contribution is 2.34. The van der Waals surface area contributed by atoms with Crippen LogP contribution < -0.4 is 14.8 Å². The molecular weight excluding hydrogens is 442 g/mol. The molecule has 13 heteroatoms. The second-order valence-electron chi connectivity index (χ2n) is 7.39. The number of aryl methyl sites for hydroxylation is 1. The Labute approximate surface area is 186 Å². The molecule has 1 heterocycles. The van der Waals surface area contributed by atoms with Crippen LogP contribution in [-0.2, 0) is 21.8 Å². The van der Waals surface area contributed by atoms with Crippen LogP contribution in [0.25, 0.3) is 0 Å². The van der Waals surface area contributed by atoms with E-state index < -0.39 is 25.5 Å². The summed E-state index contributed by atoms with van der Waals surface area (Å²) in [6.07, 6.45) is 0. The number of nitrogens with one attached hydrogen (secondary N) is 2. The first-order valence-corrected chi connectivity index (χ1v) is 11.2. The van der Waals surface area contributed by atoms with Crippen molar-refractivity contribution >= 4 is 21.6 Å². The molecule has 2 N–H and O–H groups in total. The number of amides is 1. The van der Waals surface area contributed by atoms with Gasteiger partial charge in [-0.2, -0.15) is 5.10 Å². The van der Waals surface area contributed by atoms with Crippen molar-refractivity contribution in [2.24, 2.45) is 13.0 Å². The van der Waals surface area contributed by atoms with Crippen LogP contribution in [0.2, 0.25) is 0 Å². The molecule has 2 rings (SSSR count). The quantitative estimate of drug-likeness (QED) is 0.286. The summed E-state index contributed by atoms with van der Waals surface area (Å²) in [6, 6.07) is 3.23. The lowest BCUT2D eigenvalue weighted by Gasteiger charge is -2.13. The van der Waals surface area contributed by atoms with Gasteiger partial charge in [0, 0.05) is 44.9 Å². The van der Waals surface area contributed by atoms with Crippen LogP contribution >= 0.6 is 0 Å². The number of hydrogen-bond acceptors (Lipinski definition) is 8. The van der Waals surface area contributed by atoms with Gasteiger partial charge in [0.15, 0.2) is 5.69 Å². The highest BCUT2D eigenvalue weighted by Gasteiger charge is 2.26. The summed E-state index contributed by atoms with van der Waals surface area (Å²) in [5.74, 6) is -0.167. The van der Waals surface area contributed by atoms with E-state index in [1.807, 2.05) is 13.8 Å². The lowest BCUT2D eigenvalue weighted by molar-refractivity contribution is -0.385. The van der Waals surface area contributed by atoms with E-state index in [4.69, 9.17) is 9.47 Å². The number of carbonyl (C=O) groups is 1. The van der Waals surface area contributed by atoms with Gasteiger partial charge >= 0.3 is 0 Å². The summed E-state index contributed by atoms with van der Waals surface area (Å²) in [6.45, 7) is 6.06. The van der Waals surface area contributed by atoms with Gasteiger partial charge in [0.25, 0.3) is 11.6 Å². The van der Waals surface area contributed by atoms with Crippen molar-refractivity contribution in [3.63, 3.8) is 0 Å². The zero-order valence-electron chi connectivity index (χ0n) is 18.5. The van der Waals surface area contributed by atoms with Crippen molar-refractivity contribution in [2.75, 3.05) is 26.8 Å². The minimum Gasteiger partial charge on any atom is -0.438 e. The smallest absolute Gasteiger partial charge is 0.272 e. The SMILES string of the molecule is COCCNS(=O)(=O)c1cc([N+](=O)[O-])ccc1Oc1c(C)c(C(=O)NCC(C)C)nn1C. The summed E-state index contributed by atoms with van der Waals surface area (Å²) in [5, 5.41) is 18.1.